The molecule has 0 spiro atoms. The van der Waals surface area contributed by atoms with Gasteiger partial charge in [0.1, 0.15) is 5.75 Å². The summed E-state index contributed by atoms with van der Waals surface area (Å²) in [6.07, 6.45) is 1.79. The highest BCUT2D eigenvalue weighted by atomic mass is 127. The lowest BCUT2D eigenvalue weighted by atomic mass is 10.1. The molecule has 7 heteroatoms. The number of nitrogens with one attached hydrogen (secondary N) is 2. The van der Waals surface area contributed by atoms with Crippen molar-refractivity contribution >= 4 is 29.9 Å². The Balaban J connectivity index is 0.00000364. The summed E-state index contributed by atoms with van der Waals surface area (Å²) in [6.45, 7) is 10.6. The highest BCUT2D eigenvalue weighted by molar-refractivity contribution is 14.0. The Morgan fingerprint density at radius 3 is 2.44 bits per heavy atom. The molecule has 1 aromatic carbocycles. The average Bonchev–Trinajstić information content (AvgIpc) is 3.03. The van der Waals surface area contributed by atoms with Gasteiger partial charge in [0.15, 0.2) is 5.96 Å². The van der Waals surface area contributed by atoms with Crippen molar-refractivity contribution in [2.24, 2.45) is 18.0 Å². The summed E-state index contributed by atoms with van der Waals surface area (Å²) in [5, 5.41) is 10.9. The molecule has 0 aliphatic heterocycles. The predicted molar refractivity (Wildman–Crippen MR) is 122 cm³/mol. The Bertz CT molecular complexity index is 697. The fourth-order valence-electron chi connectivity index (χ4n) is 2.44. The largest absolute Gasteiger partial charge is 0.493 e. The van der Waals surface area contributed by atoms with Crippen molar-refractivity contribution in [2.75, 3.05) is 13.2 Å². The fraction of sp³-hybridized carbons (Fsp3) is 0.500. The van der Waals surface area contributed by atoms with Crippen LogP contribution in [0.5, 0.6) is 5.75 Å². The van der Waals surface area contributed by atoms with Crippen LogP contribution in [0.1, 0.15) is 45.0 Å². The van der Waals surface area contributed by atoms with Crippen LogP contribution in [0.15, 0.2) is 41.5 Å². The van der Waals surface area contributed by atoms with Crippen LogP contribution in [-0.4, -0.2) is 28.9 Å². The molecule has 150 valence electrons. The molecular formula is C20H32IN5O. The number of aryl methyl sites for hydroxylation is 1. The van der Waals surface area contributed by atoms with E-state index in [0.717, 1.165) is 30.6 Å². The van der Waals surface area contributed by atoms with Gasteiger partial charge in [-0.05, 0) is 43.5 Å². The molecule has 27 heavy (non-hydrogen) atoms. The maximum absolute atomic E-state index is 5.75. The van der Waals surface area contributed by atoms with Gasteiger partial charge < -0.3 is 15.4 Å². The number of aromatic nitrogens is 2. The molecule has 1 heterocycles. The number of aliphatic imine (C=N–C) groups is 1. The summed E-state index contributed by atoms with van der Waals surface area (Å²) in [5.74, 6) is 2.22. The number of benzene rings is 1. The zero-order chi connectivity index (χ0) is 18.9. The van der Waals surface area contributed by atoms with Gasteiger partial charge in [-0.2, -0.15) is 5.10 Å². The minimum Gasteiger partial charge on any atom is -0.493 e. The van der Waals surface area contributed by atoms with Crippen molar-refractivity contribution in [3.8, 4) is 5.75 Å². The van der Waals surface area contributed by atoms with Gasteiger partial charge in [0.2, 0.25) is 0 Å². The monoisotopic (exact) mass is 485 g/mol. The third kappa shape index (κ3) is 7.78. The molecule has 0 aliphatic rings. The summed E-state index contributed by atoms with van der Waals surface area (Å²) < 4.78 is 7.59. The van der Waals surface area contributed by atoms with E-state index in [9.17, 15) is 0 Å². The molecule has 2 rings (SSSR count). The van der Waals surface area contributed by atoms with Crippen molar-refractivity contribution in [3.05, 3.63) is 47.8 Å². The van der Waals surface area contributed by atoms with Gasteiger partial charge in [0.05, 0.1) is 24.9 Å². The van der Waals surface area contributed by atoms with E-state index in [0.29, 0.717) is 12.5 Å². The van der Waals surface area contributed by atoms with Crippen molar-refractivity contribution < 1.29 is 4.74 Å². The summed E-state index contributed by atoms with van der Waals surface area (Å²) in [5.41, 5.74) is 2.26. The van der Waals surface area contributed by atoms with Crippen LogP contribution in [0.2, 0.25) is 0 Å². The first-order chi connectivity index (χ1) is 12.5. The fourth-order valence-corrected chi connectivity index (χ4v) is 2.44. The van der Waals surface area contributed by atoms with Gasteiger partial charge in [0.25, 0.3) is 0 Å². The van der Waals surface area contributed by atoms with Crippen LogP contribution in [0, 0.1) is 5.92 Å². The smallest absolute Gasteiger partial charge is 0.192 e. The summed E-state index contributed by atoms with van der Waals surface area (Å²) in [7, 11) is 1.93. The van der Waals surface area contributed by atoms with Gasteiger partial charge in [-0.1, -0.05) is 26.0 Å². The maximum Gasteiger partial charge on any atom is 0.192 e. The third-order valence-corrected chi connectivity index (χ3v) is 3.98. The molecule has 1 aromatic heterocycles. The summed E-state index contributed by atoms with van der Waals surface area (Å²) in [6, 6.07) is 10.4. The van der Waals surface area contributed by atoms with Crippen LogP contribution < -0.4 is 15.4 Å². The second kappa shape index (κ2) is 11.8. The molecule has 2 N–H and O–H groups in total. The number of hydrogen-bond acceptors (Lipinski definition) is 3. The number of guanidine groups is 1. The normalized spacial score (nSPS) is 12.4. The Morgan fingerprint density at radius 1 is 1.19 bits per heavy atom. The molecule has 0 fully saturated rings. The van der Waals surface area contributed by atoms with Crippen molar-refractivity contribution in [3.63, 3.8) is 0 Å². The zero-order valence-electron chi connectivity index (χ0n) is 16.9. The lowest BCUT2D eigenvalue weighted by Gasteiger charge is -2.18. The van der Waals surface area contributed by atoms with Gasteiger partial charge in [-0.15, -0.1) is 24.0 Å². The van der Waals surface area contributed by atoms with E-state index in [1.165, 1.54) is 5.56 Å². The van der Waals surface area contributed by atoms with E-state index >= 15 is 0 Å². The number of hydrogen-bond donors (Lipinski definition) is 2. The molecule has 0 bridgehead atoms. The molecule has 0 aliphatic carbocycles. The lowest BCUT2D eigenvalue weighted by Crippen LogP contribution is -2.38. The first kappa shape index (κ1) is 23.3. The molecule has 0 saturated heterocycles. The first-order valence-corrected chi connectivity index (χ1v) is 9.24. The van der Waals surface area contributed by atoms with E-state index in [-0.39, 0.29) is 30.0 Å². The number of nitrogens with zero attached hydrogens (tertiary/aromatic N) is 3. The number of ether oxygens (including phenoxy) is 1. The standard InChI is InChI=1S/C20H31N5O.HI/c1-6-21-20(22-13-18-11-12-23-25(18)5)24-16(4)17-7-9-19(10-8-17)26-14-15(2)3;/h7-12,15-16H,6,13-14H2,1-5H3,(H2,21,22,24);1H. The topological polar surface area (TPSA) is 63.5 Å². The third-order valence-electron chi connectivity index (χ3n) is 3.98. The second-order valence-electron chi connectivity index (χ2n) is 6.78. The van der Waals surface area contributed by atoms with Crippen molar-refractivity contribution in [2.45, 2.75) is 40.3 Å². The van der Waals surface area contributed by atoms with Gasteiger partial charge in [-0.25, -0.2) is 4.99 Å². The van der Waals surface area contributed by atoms with Crippen LogP contribution in [-0.2, 0) is 13.6 Å². The van der Waals surface area contributed by atoms with Crippen molar-refractivity contribution in [1.82, 2.24) is 20.4 Å². The van der Waals surface area contributed by atoms with Crippen molar-refractivity contribution in [1.29, 1.82) is 0 Å². The number of halogens is 1. The maximum atomic E-state index is 5.75. The molecule has 1 atom stereocenters. The Kier molecular flexibility index (Phi) is 10.2. The molecule has 2 aromatic rings. The summed E-state index contributed by atoms with van der Waals surface area (Å²) >= 11 is 0. The van der Waals surface area contributed by atoms with Crippen LogP contribution in [0.3, 0.4) is 0 Å². The van der Waals surface area contributed by atoms with E-state index in [1.54, 1.807) is 6.20 Å². The quantitative estimate of drug-likeness (QED) is 0.339. The summed E-state index contributed by atoms with van der Waals surface area (Å²) in [4.78, 5) is 4.66. The zero-order valence-corrected chi connectivity index (χ0v) is 19.2. The minimum absolute atomic E-state index is 0. The Morgan fingerprint density at radius 2 is 1.89 bits per heavy atom. The van der Waals surface area contributed by atoms with E-state index in [4.69, 9.17) is 4.74 Å². The Hall–Kier alpha value is -1.77. The molecule has 0 saturated carbocycles. The van der Waals surface area contributed by atoms with Gasteiger partial charge in [0, 0.05) is 19.8 Å². The molecule has 0 amide bonds. The Labute approximate surface area is 179 Å². The highest BCUT2D eigenvalue weighted by Gasteiger charge is 2.09. The van der Waals surface area contributed by atoms with Crippen LogP contribution in [0.4, 0.5) is 0 Å². The van der Waals surface area contributed by atoms with E-state index < -0.39 is 0 Å². The van der Waals surface area contributed by atoms with E-state index in [1.807, 2.05) is 29.9 Å². The minimum atomic E-state index is 0. The SMILES string of the molecule is CCNC(=NCc1ccnn1C)NC(C)c1ccc(OCC(C)C)cc1.I. The molecule has 0 radical (unpaired) electrons. The number of rotatable bonds is 8. The second-order valence-corrected chi connectivity index (χ2v) is 6.78. The average molecular weight is 485 g/mol. The van der Waals surface area contributed by atoms with Gasteiger partial charge in [-0.3, -0.25) is 4.68 Å². The lowest BCUT2D eigenvalue weighted by molar-refractivity contribution is 0.271. The molecule has 6 nitrogen and oxygen atoms in total. The van der Waals surface area contributed by atoms with Crippen LogP contribution in [0.25, 0.3) is 0 Å². The van der Waals surface area contributed by atoms with E-state index in [2.05, 4.69) is 60.6 Å². The molecular weight excluding hydrogens is 453 g/mol. The first-order valence-electron chi connectivity index (χ1n) is 9.24. The molecule has 1 unspecified atom stereocenters. The van der Waals surface area contributed by atoms with Crippen LogP contribution >= 0.6 is 24.0 Å². The predicted octanol–water partition coefficient (Wildman–Crippen LogP) is 3.89. The van der Waals surface area contributed by atoms with Gasteiger partial charge >= 0.3 is 0 Å². The highest BCUT2D eigenvalue weighted by Crippen LogP contribution is 2.18.